The number of hydrogen-bond acceptors (Lipinski definition) is 5. The number of carbonyl (C=O) groups is 2. The molecule has 1 heterocycles. The van der Waals surface area contributed by atoms with E-state index in [0.717, 1.165) is 15.6 Å². The number of nitrogens with zero attached hydrogens (tertiary/aromatic N) is 1. The molecule has 1 aliphatic rings. The molecule has 0 aromatic heterocycles. The summed E-state index contributed by atoms with van der Waals surface area (Å²) < 4.78 is 12.1. The number of nitrogens with one attached hydrogen (secondary N) is 2. The maximum atomic E-state index is 12.3. The predicted octanol–water partition coefficient (Wildman–Crippen LogP) is 2.89. The fraction of sp³-hybridized carbons (Fsp3) is 0.364. The van der Waals surface area contributed by atoms with E-state index in [1.54, 1.807) is 13.2 Å². The van der Waals surface area contributed by atoms with E-state index in [0.29, 0.717) is 31.1 Å². The van der Waals surface area contributed by atoms with Gasteiger partial charge in [0.25, 0.3) is 0 Å². The van der Waals surface area contributed by atoms with Crippen LogP contribution in [0.5, 0.6) is 5.75 Å². The summed E-state index contributed by atoms with van der Waals surface area (Å²) in [7, 11) is 1.55. The molecular formula is C22H26BrN3O4. The highest BCUT2D eigenvalue weighted by Gasteiger charge is 2.23. The standard InChI is InChI=1S/C22H26BrN3O4/c1-15-3-8-19(29-2)18(11-15)25-21(27)12-24-22(28)14-26-9-10-30-20(13-26)16-4-6-17(23)7-5-16/h3-8,11,20H,9-10,12-14H2,1-2H3,(H,24,28)(H,25,27). The largest absolute Gasteiger partial charge is 0.495 e. The Morgan fingerprint density at radius 1 is 1.20 bits per heavy atom. The Kier molecular flexibility index (Phi) is 7.84. The number of methoxy groups -OCH3 is 1. The van der Waals surface area contributed by atoms with Gasteiger partial charge in [0, 0.05) is 17.6 Å². The molecule has 2 N–H and O–H groups in total. The molecule has 1 atom stereocenters. The van der Waals surface area contributed by atoms with Crippen LogP contribution in [-0.2, 0) is 14.3 Å². The summed E-state index contributed by atoms with van der Waals surface area (Å²) in [6, 6.07) is 13.5. The van der Waals surface area contributed by atoms with E-state index in [4.69, 9.17) is 9.47 Å². The smallest absolute Gasteiger partial charge is 0.243 e. The van der Waals surface area contributed by atoms with Crippen LogP contribution >= 0.6 is 15.9 Å². The Balaban J connectivity index is 1.46. The predicted molar refractivity (Wildman–Crippen MR) is 119 cm³/mol. The first-order valence-electron chi connectivity index (χ1n) is 9.75. The van der Waals surface area contributed by atoms with Gasteiger partial charge in [-0.25, -0.2) is 0 Å². The number of rotatable bonds is 7. The molecule has 1 saturated heterocycles. The van der Waals surface area contributed by atoms with Crippen LogP contribution in [0.3, 0.4) is 0 Å². The van der Waals surface area contributed by atoms with E-state index >= 15 is 0 Å². The molecular weight excluding hydrogens is 450 g/mol. The monoisotopic (exact) mass is 475 g/mol. The van der Waals surface area contributed by atoms with Gasteiger partial charge in [-0.05, 0) is 42.3 Å². The summed E-state index contributed by atoms with van der Waals surface area (Å²) in [6.45, 7) is 3.91. The number of hydrogen-bond donors (Lipinski definition) is 2. The van der Waals surface area contributed by atoms with E-state index in [2.05, 4.69) is 26.6 Å². The molecule has 8 heteroatoms. The first kappa shape index (κ1) is 22.3. The summed E-state index contributed by atoms with van der Waals surface area (Å²) in [5.74, 6) is 0.0763. The summed E-state index contributed by atoms with van der Waals surface area (Å²) in [4.78, 5) is 26.6. The first-order chi connectivity index (χ1) is 14.4. The highest BCUT2D eigenvalue weighted by Crippen LogP contribution is 2.25. The van der Waals surface area contributed by atoms with Gasteiger partial charge in [-0.1, -0.05) is 34.1 Å². The third-order valence-corrected chi connectivity index (χ3v) is 5.36. The summed E-state index contributed by atoms with van der Waals surface area (Å²) >= 11 is 3.43. The Hall–Kier alpha value is -2.42. The van der Waals surface area contributed by atoms with Crippen molar-refractivity contribution in [1.82, 2.24) is 10.2 Å². The Morgan fingerprint density at radius 3 is 2.70 bits per heavy atom. The number of halogens is 1. The van der Waals surface area contributed by atoms with Crippen LogP contribution in [0.4, 0.5) is 5.69 Å². The highest BCUT2D eigenvalue weighted by atomic mass is 79.9. The van der Waals surface area contributed by atoms with Gasteiger partial charge in [-0.3, -0.25) is 14.5 Å². The Morgan fingerprint density at radius 2 is 1.97 bits per heavy atom. The van der Waals surface area contributed by atoms with E-state index in [-0.39, 0.29) is 31.0 Å². The van der Waals surface area contributed by atoms with Gasteiger partial charge in [0.1, 0.15) is 5.75 Å². The van der Waals surface area contributed by atoms with Gasteiger partial charge in [0.05, 0.1) is 38.6 Å². The quantitative estimate of drug-likeness (QED) is 0.643. The van der Waals surface area contributed by atoms with Crippen LogP contribution in [0.1, 0.15) is 17.2 Å². The van der Waals surface area contributed by atoms with Gasteiger partial charge in [0.15, 0.2) is 0 Å². The molecule has 1 fully saturated rings. The molecule has 2 aromatic carbocycles. The molecule has 30 heavy (non-hydrogen) atoms. The van der Waals surface area contributed by atoms with Crippen molar-refractivity contribution in [2.24, 2.45) is 0 Å². The van der Waals surface area contributed by atoms with Crippen molar-refractivity contribution in [3.8, 4) is 5.75 Å². The Bertz CT molecular complexity index is 888. The summed E-state index contributed by atoms with van der Waals surface area (Å²) in [5.41, 5.74) is 2.67. The van der Waals surface area contributed by atoms with Crippen LogP contribution in [-0.4, -0.2) is 56.6 Å². The van der Waals surface area contributed by atoms with Crippen molar-refractivity contribution in [3.05, 3.63) is 58.1 Å². The lowest BCUT2D eigenvalue weighted by atomic mass is 10.1. The van der Waals surface area contributed by atoms with Crippen molar-refractivity contribution in [1.29, 1.82) is 0 Å². The van der Waals surface area contributed by atoms with Crippen molar-refractivity contribution in [3.63, 3.8) is 0 Å². The maximum Gasteiger partial charge on any atom is 0.243 e. The van der Waals surface area contributed by atoms with Crippen molar-refractivity contribution in [2.45, 2.75) is 13.0 Å². The SMILES string of the molecule is COc1ccc(C)cc1NC(=O)CNC(=O)CN1CCOC(c2ccc(Br)cc2)C1. The van der Waals surface area contributed by atoms with Gasteiger partial charge < -0.3 is 20.1 Å². The fourth-order valence-corrected chi connectivity index (χ4v) is 3.54. The lowest BCUT2D eigenvalue weighted by Crippen LogP contribution is -2.45. The minimum atomic E-state index is -0.304. The Labute approximate surface area is 184 Å². The van der Waals surface area contributed by atoms with E-state index in [1.807, 2.05) is 48.2 Å². The molecule has 1 unspecified atom stereocenters. The second kappa shape index (κ2) is 10.6. The number of ether oxygens (including phenoxy) is 2. The fourth-order valence-electron chi connectivity index (χ4n) is 3.28. The highest BCUT2D eigenvalue weighted by molar-refractivity contribution is 9.10. The third-order valence-electron chi connectivity index (χ3n) is 4.83. The molecule has 1 aliphatic heterocycles. The average Bonchev–Trinajstić information content (AvgIpc) is 2.73. The van der Waals surface area contributed by atoms with Crippen LogP contribution in [0.2, 0.25) is 0 Å². The van der Waals surface area contributed by atoms with E-state index in [9.17, 15) is 9.59 Å². The normalized spacial score (nSPS) is 16.7. The maximum absolute atomic E-state index is 12.3. The van der Waals surface area contributed by atoms with E-state index < -0.39 is 0 Å². The minimum absolute atomic E-state index is 0.0725. The number of aryl methyl sites for hydroxylation is 1. The summed E-state index contributed by atoms with van der Waals surface area (Å²) in [5, 5.41) is 5.46. The number of anilines is 1. The molecule has 3 rings (SSSR count). The van der Waals surface area contributed by atoms with Gasteiger partial charge in [0.2, 0.25) is 11.8 Å². The first-order valence-corrected chi connectivity index (χ1v) is 10.5. The van der Waals surface area contributed by atoms with Crippen LogP contribution in [0.25, 0.3) is 0 Å². The molecule has 0 bridgehead atoms. The van der Waals surface area contributed by atoms with E-state index in [1.165, 1.54) is 0 Å². The molecule has 0 saturated carbocycles. The van der Waals surface area contributed by atoms with Crippen molar-refractivity contribution in [2.75, 3.05) is 45.2 Å². The molecule has 160 valence electrons. The lowest BCUT2D eigenvalue weighted by Gasteiger charge is -2.32. The van der Waals surface area contributed by atoms with Crippen LogP contribution in [0.15, 0.2) is 46.9 Å². The zero-order chi connectivity index (χ0) is 21.5. The minimum Gasteiger partial charge on any atom is -0.495 e. The number of amides is 2. The zero-order valence-electron chi connectivity index (χ0n) is 17.1. The molecule has 0 radical (unpaired) electrons. The van der Waals surface area contributed by atoms with Crippen molar-refractivity contribution < 1.29 is 19.1 Å². The van der Waals surface area contributed by atoms with Gasteiger partial charge in [-0.15, -0.1) is 0 Å². The summed E-state index contributed by atoms with van der Waals surface area (Å²) in [6.07, 6.45) is -0.0725. The number of carbonyl (C=O) groups excluding carboxylic acids is 2. The molecule has 2 aromatic rings. The lowest BCUT2D eigenvalue weighted by molar-refractivity contribution is -0.126. The van der Waals surface area contributed by atoms with Gasteiger partial charge in [-0.2, -0.15) is 0 Å². The van der Waals surface area contributed by atoms with Crippen molar-refractivity contribution >= 4 is 33.4 Å². The van der Waals surface area contributed by atoms with Crippen LogP contribution < -0.4 is 15.4 Å². The number of benzene rings is 2. The van der Waals surface area contributed by atoms with Crippen LogP contribution in [0, 0.1) is 6.92 Å². The molecule has 7 nitrogen and oxygen atoms in total. The molecule has 0 aliphatic carbocycles. The third kappa shape index (κ3) is 6.29. The second-order valence-corrected chi connectivity index (χ2v) is 8.09. The second-order valence-electron chi connectivity index (χ2n) is 7.17. The zero-order valence-corrected chi connectivity index (χ0v) is 18.7. The van der Waals surface area contributed by atoms with Gasteiger partial charge >= 0.3 is 0 Å². The molecule has 2 amide bonds. The topological polar surface area (TPSA) is 79.9 Å². The average molecular weight is 476 g/mol. The molecule has 0 spiro atoms. The number of morpholine rings is 1.